The first kappa shape index (κ1) is 11.4. The van der Waals surface area contributed by atoms with Gasteiger partial charge in [-0.2, -0.15) is 0 Å². The van der Waals surface area contributed by atoms with Crippen LogP contribution in [0.1, 0.15) is 5.56 Å². The van der Waals surface area contributed by atoms with Crippen molar-refractivity contribution < 1.29 is 0 Å². The van der Waals surface area contributed by atoms with Crippen LogP contribution in [-0.4, -0.2) is 34.6 Å². The van der Waals surface area contributed by atoms with Crippen molar-refractivity contribution in [2.24, 2.45) is 0 Å². The first-order valence-electron chi connectivity index (χ1n) is 4.76. The molecule has 1 saturated heterocycles. The van der Waals surface area contributed by atoms with Crippen LogP contribution in [0.3, 0.4) is 0 Å². The molecule has 0 bridgehead atoms. The number of alkyl halides is 1. The van der Waals surface area contributed by atoms with E-state index in [1.165, 1.54) is 0 Å². The fraction of sp³-hybridized carbons (Fsp3) is 0.556. The monoisotopic (exact) mass is 261 g/mol. The van der Waals surface area contributed by atoms with Crippen LogP contribution < -0.4 is 4.90 Å². The molecule has 0 N–H and O–H groups in total. The molecule has 0 aliphatic carbocycles. The molecule has 1 aliphatic heterocycles. The predicted molar refractivity (Wildman–Crippen MR) is 68.7 cm³/mol. The van der Waals surface area contributed by atoms with E-state index in [1.807, 2.05) is 21.6 Å². The van der Waals surface area contributed by atoms with Crippen LogP contribution in [0.4, 0.5) is 5.95 Å². The highest BCUT2D eigenvalue weighted by Gasteiger charge is 2.12. The molecular formula is C9H12ClN3S2. The van der Waals surface area contributed by atoms with E-state index in [4.69, 9.17) is 11.6 Å². The molecule has 0 amide bonds. The minimum atomic E-state index is 0.478. The van der Waals surface area contributed by atoms with Crippen LogP contribution >= 0.6 is 33.2 Å². The van der Waals surface area contributed by atoms with Crippen LogP contribution in [0.5, 0.6) is 0 Å². The number of rotatable bonds is 2. The number of aromatic nitrogens is 2. The summed E-state index contributed by atoms with van der Waals surface area (Å²) in [5, 5.41) is 0. The van der Waals surface area contributed by atoms with Crippen molar-refractivity contribution in [3.05, 3.63) is 18.0 Å². The van der Waals surface area contributed by atoms with Crippen molar-refractivity contribution >= 4 is 39.1 Å². The molecule has 0 aromatic carbocycles. The maximum absolute atomic E-state index is 5.69. The minimum Gasteiger partial charge on any atom is -0.339 e. The Balaban J connectivity index is 2.06. The Morgan fingerprint density at radius 1 is 1.20 bits per heavy atom. The van der Waals surface area contributed by atoms with Gasteiger partial charge in [-0.15, -0.1) is 11.6 Å². The molecule has 0 atom stereocenters. The molecule has 1 aliphatic rings. The maximum Gasteiger partial charge on any atom is 0.225 e. The molecule has 0 saturated carbocycles. The molecule has 1 aromatic heterocycles. The molecule has 15 heavy (non-hydrogen) atoms. The van der Waals surface area contributed by atoms with Crippen molar-refractivity contribution in [2.45, 2.75) is 5.88 Å². The highest BCUT2D eigenvalue weighted by molar-refractivity contribution is 8.76. The molecule has 2 heterocycles. The van der Waals surface area contributed by atoms with E-state index in [0.717, 1.165) is 36.1 Å². The van der Waals surface area contributed by atoms with Gasteiger partial charge in [-0.05, 0) is 0 Å². The Morgan fingerprint density at radius 3 is 2.33 bits per heavy atom. The molecule has 0 radical (unpaired) electrons. The fourth-order valence-electron chi connectivity index (χ4n) is 1.30. The molecule has 6 heteroatoms. The van der Waals surface area contributed by atoms with Crippen molar-refractivity contribution in [2.75, 3.05) is 29.5 Å². The van der Waals surface area contributed by atoms with E-state index in [-0.39, 0.29) is 0 Å². The van der Waals surface area contributed by atoms with Crippen LogP contribution in [-0.2, 0) is 5.88 Å². The zero-order valence-electron chi connectivity index (χ0n) is 8.23. The van der Waals surface area contributed by atoms with Gasteiger partial charge in [0, 0.05) is 42.6 Å². The van der Waals surface area contributed by atoms with Crippen LogP contribution in [0.15, 0.2) is 12.4 Å². The zero-order valence-corrected chi connectivity index (χ0v) is 10.6. The third-order valence-corrected chi connectivity index (χ3v) is 4.77. The number of anilines is 1. The summed E-state index contributed by atoms with van der Waals surface area (Å²) in [7, 11) is 3.84. The van der Waals surface area contributed by atoms with Gasteiger partial charge in [-0.25, -0.2) is 9.97 Å². The summed E-state index contributed by atoms with van der Waals surface area (Å²) in [6.07, 6.45) is 3.61. The van der Waals surface area contributed by atoms with E-state index < -0.39 is 0 Å². The van der Waals surface area contributed by atoms with Gasteiger partial charge in [0.1, 0.15) is 0 Å². The fourth-order valence-corrected chi connectivity index (χ4v) is 3.42. The van der Waals surface area contributed by atoms with Crippen molar-refractivity contribution in [1.82, 2.24) is 9.97 Å². The zero-order chi connectivity index (χ0) is 10.5. The highest BCUT2D eigenvalue weighted by atomic mass is 35.5. The van der Waals surface area contributed by atoms with Crippen molar-refractivity contribution in [3.63, 3.8) is 0 Å². The molecule has 82 valence electrons. The maximum atomic E-state index is 5.69. The summed E-state index contributed by atoms with van der Waals surface area (Å²) in [6.45, 7) is 2.05. The van der Waals surface area contributed by atoms with E-state index in [1.54, 1.807) is 12.4 Å². The van der Waals surface area contributed by atoms with Gasteiger partial charge in [0.2, 0.25) is 5.95 Å². The molecule has 0 unspecified atom stereocenters. The second-order valence-electron chi connectivity index (χ2n) is 3.16. The summed E-state index contributed by atoms with van der Waals surface area (Å²) in [5.41, 5.74) is 0.971. The molecule has 0 spiro atoms. The molecule has 1 aromatic rings. The smallest absolute Gasteiger partial charge is 0.225 e. The van der Waals surface area contributed by atoms with Gasteiger partial charge in [0.15, 0.2) is 0 Å². The third-order valence-electron chi connectivity index (χ3n) is 2.10. The first-order valence-corrected chi connectivity index (χ1v) is 7.78. The van der Waals surface area contributed by atoms with Gasteiger partial charge in [0.05, 0.1) is 5.88 Å². The number of nitrogens with zero attached hydrogens (tertiary/aromatic N) is 3. The second-order valence-corrected chi connectivity index (χ2v) is 6.13. The van der Waals surface area contributed by atoms with Gasteiger partial charge in [-0.1, -0.05) is 21.6 Å². The van der Waals surface area contributed by atoms with Crippen LogP contribution in [0.25, 0.3) is 0 Å². The summed E-state index contributed by atoms with van der Waals surface area (Å²) < 4.78 is 0. The highest BCUT2D eigenvalue weighted by Crippen LogP contribution is 2.25. The lowest BCUT2D eigenvalue weighted by atomic mass is 10.4. The van der Waals surface area contributed by atoms with Gasteiger partial charge >= 0.3 is 0 Å². The average molecular weight is 262 g/mol. The lowest BCUT2D eigenvalue weighted by molar-refractivity contribution is 0.832. The minimum absolute atomic E-state index is 0.478. The lowest BCUT2D eigenvalue weighted by Crippen LogP contribution is -2.28. The Labute approximate surface area is 102 Å². The summed E-state index contributed by atoms with van der Waals surface area (Å²) in [4.78, 5) is 10.9. The second kappa shape index (κ2) is 5.82. The number of hydrogen-bond donors (Lipinski definition) is 0. The summed E-state index contributed by atoms with van der Waals surface area (Å²) >= 11 is 5.69. The molecule has 3 nitrogen and oxygen atoms in total. The molecule has 1 fully saturated rings. The van der Waals surface area contributed by atoms with Gasteiger partial charge in [-0.3, -0.25) is 0 Å². The van der Waals surface area contributed by atoms with Crippen LogP contribution in [0, 0.1) is 0 Å². The largest absolute Gasteiger partial charge is 0.339 e. The molecule has 2 rings (SSSR count). The van der Waals surface area contributed by atoms with E-state index in [2.05, 4.69) is 14.9 Å². The van der Waals surface area contributed by atoms with E-state index >= 15 is 0 Å². The van der Waals surface area contributed by atoms with Crippen molar-refractivity contribution in [3.8, 4) is 0 Å². The van der Waals surface area contributed by atoms with Crippen LogP contribution in [0.2, 0.25) is 0 Å². The van der Waals surface area contributed by atoms with E-state index in [0.29, 0.717) is 5.88 Å². The Morgan fingerprint density at radius 2 is 1.80 bits per heavy atom. The van der Waals surface area contributed by atoms with Gasteiger partial charge in [0.25, 0.3) is 0 Å². The third kappa shape index (κ3) is 3.16. The lowest BCUT2D eigenvalue weighted by Gasteiger charge is -2.18. The SMILES string of the molecule is ClCc1cnc(N2CCSSCC2)nc1. The van der Waals surface area contributed by atoms with Gasteiger partial charge < -0.3 is 4.90 Å². The Bertz CT molecular complexity index is 299. The predicted octanol–water partition coefficient (Wildman–Crippen LogP) is 2.42. The standard InChI is InChI=1S/C9H12ClN3S2/c10-5-8-6-11-9(12-7-8)13-1-3-14-15-4-2-13/h6-7H,1-5H2. The van der Waals surface area contributed by atoms with E-state index in [9.17, 15) is 0 Å². The Kier molecular flexibility index (Phi) is 4.41. The molecular weight excluding hydrogens is 250 g/mol. The quantitative estimate of drug-likeness (QED) is 0.603. The summed E-state index contributed by atoms with van der Waals surface area (Å²) in [5.74, 6) is 3.56. The summed E-state index contributed by atoms with van der Waals surface area (Å²) in [6, 6.07) is 0. The van der Waals surface area contributed by atoms with Crippen molar-refractivity contribution in [1.29, 1.82) is 0 Å². The Hall–Kier alpha value is -0.130. The average Bonchev–Trinajstić information content (AvgIpc) is 2.58. The number of hydrogen-bond acceptors (Lipinski definition) is 5. The normalized spacial score (nSPS) is 17.5. The topological polar surface area (TPSA) is 29.0 Å². The number of halogens is 1. The first-order chi connectivity index (χ1) is 7.40.